The number of hydrazine groups is 1. The largest absolute Gasteiger partial charge is 0.490 e. The van der Waals surface area contributed by atoms with E-state index in [-0.39, 0.29) is 24.3 Å². The molecule has 0 aromatic heterocycles. The van der Waals surface area contributed by atoms with Crippen LogP contribution < -0.4 is 25.2 Å². The number of nitrogens with zero attached hydrogens (tertiary/aromatic N) is 2. The van der Waals surface area contributed by atoms with E-state index in [1.807, 2.05) is 70.2 Å². The topological polar surface area (TPSA) is 92.3 Å². The van der Waals surface area contributed by atoms with Crippen molar-refractivity contribution in [3.63, 3.8) is 0 Å². The molecule has 3 rings (SSSR count). The van der Waals surface area contributed by atoms with Gasteiger partial charge in [-0.3, -0.25) is 20.0 Å². The van der Waals surface area contributed by atoms with Gasteiger partial charge >= 0.3 is 0 Å². The lowest BCUT2D eigenvalue weighted by molar-refractivity contribution is -0.118. The van der Waals surface area contributed by atoms with E-state index in [0.717, 1.165) is 11.1 Å². The van der Waals surface area contributed by atoms with Crippen molar-refractivity contribution in [1.29, 1.82) is 0 Å². The summed E-state index contributed by atoms with van der Waals surface area (Å²) in [6, 6.07) is 12.7. The number of hydrogen-bond donors (Lipinski definition) is 2. The molecule has 0 saturated carbocycles. The second-order valence-corrected chi connectivity index (χ2v) is 7.11. The van der Waals surface area contributed by atoms with Crippen LogP contribution in [0.5, 0.6) is 11.5 Å². The second-order valence-electron chi connectivity index (χ2n) is 7.11. The summed E-state index contributed by atoms with van der Waals surface area (Å²) in [5, 5.41) is 4.26. The summed E-state index contributed by atoms with van der Waals surface area (Å²) in [5.41, 5.74) is 5.42. The Morgan fingerprint density at radius 2 is 1.81 bits per heavy atom. The number of benzene rings is 2. The molecule has 1 aliphatic rings. The minimum Gasteiger partial charge on any atom is -0.490 e. The molecule has 164 valence electrons. The first-order valence-corrected chi connectivity index (χ1v) is 10.3. The highest BCUT2D eigenvalue weighted by Crippen LogP contribution is 2.30. The van der Waals surface area contributed by atoms with Crippen LogP contribution in [0, 0.1) is 6.92 Å². The maximum Gasteiger partial charge on any atom is 0.288 e. The molecule has 31 heavy (non-hydrogen) atoms. The minimum atomic E-state index is -0.399. The molecule has 0 spiro atoms. The molecule has 0 saturated heterocycles. The van der Waals surface area contributed by atoms with Gasteiger partial charge in [0.2, 0.25) is 5.84 Å². The summed E-state index contributed by atoms with van der Waals surface area (Å²) >= 11 is 0. The molecule has 1 atom stereocenters. The summed E-state index contributed by atoms with van der Waals surface area (Å²) in [4.78, 5) is 29.2. The van der Waals surface area contributed by atoms with Crippen LogP contribution >= 0.6 is 0 Å². The maximum absolute atomic E-state index is 12.8. The van der Waals surface area contributed by atoms with Gasteiger partial charge in [0.15, 0.2) is 11.5 Å². The summed E-state index contributed by atoms with van der Waals surface area (Å²) in [6.45, 7) is 8.60. The van der Waals surface area contributed by atoms with Gasteiger partial charge in [-0.25, -0.2) is 5.01 Å². The quantitative estimate of drug-likeness (QED) is 0.680. The van der Waals surface area contributed by atoms with Crippen molar-refractivity contribution >= 4 is 23.3 Å². The summed E-state index contributed by atoms with van der Waals surface area (Å²) < 4.78 is 11.3. The van der Waals surface area contributed by atoms with Gasteiger partial charge in [-0.2, -0.15) is 0 Å². The Balaban J connectivity index is 1.71. The van der Waals surface area contributed by atoms with Crippen molar-refractivity contribution in [2.24, 2.45) is 4.99 Å². The van der Waals surface area contributed by atoms with Crippen LogP contribution in [-0.2, 0) is 9.59 Å². The van der Waals surface area contributed by atoms with Crippen LogP contribution in [0.15, 0.2) is 47.5 Å². The van der Waals surface area contributed by atoms with Crippen LogP contribution in [0.25, 0.3) is 0 Å². The smallest absolute Gasteiger partial charge is 0.288 e. The van der Waals surface area contributed by atoms with E-state index in [1.54, 1.807) is 0 Å². The van der Waals surface area contributed by atoms with Crippen molar-refractivity contribution < 1.29 is 19.1 Å². The molecule has 2 amide bonds. The molecular weight excluding hydrogens is 396 g/mol. The predicted molar refractivity (Wildman–Crippen MR) is 119 cm³/mol. The Morgan fingerprint density at radius 1 is 1.13 bits per heavy atom. The van der Waals surface area contributed by atoms with E-state index in [0.29, 0.717) is 30.4 Å². The van der Waals surface area contributed by atoms with E-state index in [4.69, 9.17) is 9.47 Å². The molecule has 2 aromatic rings. The van der Waals surface area contributed by atoms with Crippen LogP contribution in [0.3, 0.4) is 0 Å². The normalized spacial score (nSPS) is 14.4. The zero-order chi connectivity index (χ0) is 22.4. The Labute approximate surface area is 182 Å². The van der Waals surface area contributed by atoms with Crippen molar-refractivity contribution in [3.05, 3.63) is 53.6 Å². The highest BCUT2D eigenvalue weighted by Gasteiger charge is 2.26. The zero-order valence-corrected chi connectivity index (χ0v) is 18.3. The van der Waals surface area contributed by atoms with Gasteiger partial charge in [-0.15, -0.1) is 0 Å². The van der Waals surface area contributed by atoms with E-state index in [2.05, 4.69) is 15.7 Å². The van der Waals surface area contributed by atoms with Gasteiger partial charge in [0.25, 0.3) is 11.8 Å². The summed E-state index contributed by atoms with van der Waals surface area (Å²) in [5.74, 6) is 0.748. The van der Waals surface area contributed by atoms with Crippen LogP contribution in [-0.4, -0.2) is 37.4 Å². The number of amides is 2. The standard InChI is InChI=1S/C23H28N4O4/c1-5-30-19-12-9-17(13-20(19)31-6-2)16(4)25-23(29)22-24-14-21(28)27(26-22)18-10-7-15(3)8-11-18/h7-13,16H,5-6,14H2,1-4H3,(H,24,26)(H,25,29). The number of carbonyl (C=O) groups excluding carboxylic acids is 2. The fraction of sp³-hybridized carbons (Fsp3) is 0.348. The average Bonchev–Trinajstić information content (AvgIpc) is 2.76. The van der Waals surface area contributed by atoms with E-state index >= 15 is 0 Å². The Hall–Kier alpha value is -3.55. The highest BCUT2D eigenvalue weighted by atomic mass is 16.5. The van der Waals surface area contributed by atoms with Crippen molar-refractivity contribution in [2.75, 3.05) is 24.8 Å². The lowest BCUT2D eigenvalue weighted by Gasteiger charge is -2.28. The van der Waals surface area contributed by atoms with Gasteiger partial charge in [-0.1, -0.05) is 23.8 Å². The second kappa shape index (κ2) is 9.97. The third-order valence-electron chi connectivity index (χ3n) is 4.76. The SMILES string of the molecule is CCOc1ccc(C(C)NC(=O)C2=NCC(=O)N(c3ccc(C)cc3)N2)cc1OCC. The summed E-state index contributed by atoms with van der Waals surface area (Å²) in [6.07, 6.45) is 0. The number of carbonyl (C=O) groups is 2. The first-order valence-electron chi connectivity index (χ1n) is 10.3. The van der Waals surface area contributed by atoms with Gasteiger partial charge in [0, 0.05) is 0 Å². The molecule has 0 bridgehead atoms. The molecule has 2 aromatic carbocycles. The van der Waals surface area contributed by atoms with E-state index < -0.39 is 5.91 Å². The highest BCUT2D eigenvalue weighted by molar-refractivity contribution is 6.39. The van der Waals surface area contributed by atoms with E-state index in [1.165, 1.54) is 5.01 Å². The summed E-state index contributed by atoms with van der Waals surface area (Å²) in [7, 11) is 0. The molecule has 1 aliphatic heterocycles. The number of anilines is 1. The zero-order valence-electron chi connectivity index (χ0n) is 18.3. The minimum absolute atomic E-state index is 0.0861. The van der Waals surface area contributed by atoms with Crippen molar-refractivity contribution in [2.45, 2.75) is 33.7 Å². The van der Waals surface area contributed by atoms with Crippen molar-refractivity contribution in [1.82, 2.24) is 10.7 Å². The third-order valence-corrected chi connectivity index (χ3v) is 4.76. The first kappa shape index (κ1) is 22.1. The number of rotatable bonds is 8. The molecule has 1 heterocycles. The van der Waals surface area contributed by atoms with Crippen molar-refractivity contribution in [3.8, 4) is 11.5 Å². The average molecular weight is 425 g/mol. The molecule has 0 fully saturated rings. The lowest BCUT2D eigenvalue weighted by atomic mass is 10.1. The van der Waals surface area contributed by atoms with Gasteiger partial charge in [-0.05, 0) is 57.5 Å². The maximum atomic E-state index is 12.8. The van der Waals surface area contributed by atoms with Gasteiger partial charge < -0.3 is 14.8 Å². The number of amidine groups is 1. The molecule has 8 nitrogen and oxygen atoms in total. The van der Waals surface area contributed by atoms with Crippen LogP contribution in [0.4, 0.5) is 5.69 Å². The molecule has 0 radical (unpaired) electrons. The first-order chi connectivity index (χ1) is 14.9. The predicted octanol–water partition coefficient (Wildman–Crippen LogP) is 2.92. The number of aliphatic imine (C=N–C) groups is 1. The number of hydrogen-bond acceptors (Lipinski definition) is 6. The van der Waals surface area contributed by atoms with Crippen LogP contribution in [0.2, 0.25) is 0 Å². The molecular formula is C23H28N4O4. The molecule has 2 N–H and O–H groups in total. The Kier molecular flexibility index (Phi) is 7.12. The number of aryl methyl sites for hydroxylation is 1. The fourth-order valence-electron chi connectivity index (χ4n) is 3.13. The van der Waals surface area contributed by atoms with Gasteiger partial charge in [0.05, 0.1) is 24.9 Å². The Bertz CT molecular complexity index is 972. The van der Waals surface area contributed by atoms with Gasteiger partial charge in [0.1, 0.15) is 6.54 Å². The fourth-order valence-corrected chi connectivity index (χ4v) is 3.13. The third kappa shape index (κ3) is 5.33. The monoisotopic (exact) mass is 424 g/mol. The number of nitrogens with one attached hydrogen (secondary N) is 2. The molecule has 8 heteroatoms. The molecule has 1 unspecified atom stereocenters. The number of ether oxygens (including phenoxy) is 2. The molecule has 0 aliphatic carbocycles. The van der Waals surface area contributed by atoms with E-state index in [9.17, 15) is 9.59 Å². The Morgan fingerprint density at radius 3 is 2.48 bits per heavy atom. The van der Waals surface area contributed by atoms with Crippen LogP contribution in [0.1, 0.15) is 37.9 Å². The lowest BCUT2D eigenvalue weighted by Crippen LogP contribution is -2.56.